The van der Waals surface area contributed by atoms with Crippen LogP contribution in [-0.4, -0.2) is 83.1 Å². The van der Waals surface area contributed by atoms with Crippen molar-refractivity contribution in [2.75, 3.05) is 13.2 Å². The number of hydrogen-bond acceptors (Lipinski definition) is 5. The van der Waals surface area contributed by atoms with E-state index in [1.807, 2.05) is 0 Å². The number of carboxylic acids is 2. The van der Waals surface area contributed by atoms with Crippen molar-refractivity contribution >= 4 is 51.6 Å². The van der Waals surface area contributed by atoms with Crippen molar-refractivity contribution < 1.29 is 37.5 Å². The number of unbranched alkanes of at least 4 members (excludes halogenated alkanes) is 18. The Balaban J connectivity index is -0.000000794. The Labute approximate surface area is 255 Å². The summed E-state index contributed by atoms with van der Waals surface area (Å²) in [6.07, 6.45) is 27.0. The minimum absolute atomic E-state index is 0. The van der Waals surface area contributed by atoms with Crippen LogP contribution in [-0.2, 0) is 24.4 Å². The van der Waals surface area contributed by atoms with Gasteiger partial charge in [0.15, 0.2) is 5.25 Å². The second-order valence-electron chi connectivity index (χ2n) is 9.92. The molecule has 10 heteroatoms. The summed E-state index contributed by atoms with van der Waals surface area (Å²) in [5, 5.41) is 13.9. The number of hydrogen-bond donors (Lipinski definition) is 3. The molecule has 0 aromatic heterocycles. The van der Waals surface area contributed by atoms with Crippen LogP contribution in [0.5, 0.6) is 0 Å². The Kier molecular flexibility index (Phi) is 34.9. The zero-order valence-corrected chi connectivity index (χ0v) is 27.4. The van der Waals surface area contributed by atoms with Gasteiger partial charge in [0.25, 0.3) is 10.1 Å². The summed E-state index contributed by atoms with van der Waals surface area (Å²) in [5.74, 6) is -3.50. The first-order valence-corrected chi connectivity index (χ1v) is 16.2. The molecule has 8 nitrogen and oxygen atoms in total. The summed E-state index contributed by atoms with van der Waals surface area (Å²) in [4.78, 5) is 20.0. The minimum Gasteiger partial charge on any atom is -0.481 e. The number of carbonyl (C=O) groups is 2. The molecule has 0 saturated carbocycles. The second-order valence-corrected chi connectivity index (χ2v) is 11.5. The smallest absolute Gasteiger partial charge is 0.325 e. The van der Waals surface area contributed by atoms with Gasteiger partial charge in [0.2, 0.25) is 0 Å². The molecule has 0 saturated heterocycles. The van der Waals surface area contributed by atoms with Gasteiger partial charge in [-0.15, -0.1) is 0 Å². The monoisotopic (exact) mass is 575 g/mol. The fraction of sp³-hybridized carbons (Fsp3) is 0.929. The Morgan fingerprint density at radius 3 is 1.11 bits per heavy atom. The van der Waals surface area contributed by atoms with Gasteiger partial charge in [-0.1, -0.05) is 129 Å². The van der Waals surface area contributed by atoms with Crippen molar-refractivity contribution in [2.24, 2.45) is 0 Å². The normalized spacial score (nSPS) is 11.8. The molecule has 0 aromatic carbocycles. The van der Waals surface area contributed by atoms with Crippen molar-refractivity contribution in [3.05, 3.63) is 0 Å². The van der Waals surface area contributed by atoms with Crippen molar-refractivity contribution in [2.45, 2.75) is 154 Å². The predicted molar refractivity (Wildman–Crippen MR) is 155 cm³/mol. The molecule has 0 aliphatic heterocycles. The number of aliphatic carboxylic acids is 2. The van der Waals surface area contributed by atoms with Crippen molar-refractivity contribution in [1.82, 2.24) is 0 Å². The van der Waals surface area contributed by atoms with Crippen LogP contribution in [0.1, 0.15) is 149 Å². The number of carboxylic acid groups (broad SMARTS) is 2. The SMILES string of the molecule is CCCCCCCCCCCCOCCCCCCCCCCCC.O=C(O)CC(C(=O)O)S(=O)(=O)O.[Na]. The Morgan fingerprint density at radius 2 is 0.895 bits per heavy atom. The molecule has 0 aromatic rings. The molecule has 0 spiro atoms. The molecule has 0 heterocycles. The molecule has 223 valence electrons. The maximum absolute atomic E-state index is 10.2. The van der Waals surface area contributed by atoms with Gasteiger partial charge in [-0.3, -0.25) is 14.1 Å². The van der Waals surface area contributed by atoms with Gasteiger partial charge >= 0.3 is 11.9 Å². The second kappa shape index (κ2) is 31.3. The molecule has 0 aliphatic rings. The van der Waals surface area contributed by atoms with Crippen LogP contribution in [0.3, 0.4) is 0 Å². The summed E-state index contributed by atoms with van der Waals surface area (Å²) in [7, 11) is -4.84. The molecular formula is C28H56NaO8S. The Morgan fingerprint density at radius 1 is 0.605 bits per heavy atom. The van der Waals surface area contributed by atoms with Crippen LogP contribution in [0.25, 0.3) is 0 Å². The zero-order chi connectivity index (χ0) is 28.2. The quantitative estimate of drug-likeness (QED) is 0.0556. The first kappa shape index (κ1) is 42.3. The molecule has 1 atom stereocenters. The van der Waals surface area contributed by atoms with Crippen LogP contribution in [0, 0.1) is 0 Å². The standard InChI is InChI=1S/C24H50O.C4H6O7S.Na/c1-3-5-7-9-11-13-15-17-19-21-23-25-24-22-20-18-16-14-12-10-8-6-4-2;5-3(6)1-2(4(7)8)12(9,10)11;/h3-24H2,1-2H3;2H,1H2,(H,5,6)(H,7,8)(H,9,10,11);. The van der Waals surface area contributed by atoms with Crippen LogP contribution in [0.2, 0.25) is 0 Å². The average Bonchev–Trinajstić information content (AvgIpc) is 2.83. The fourth-order valence-corrected chi connectivity index (χ4v) is 4.57. The topological polar surface area (TPSA) is 138 Å². The molecule has 0 fully saturated rings. The van der Waals surface area contributed by atoms with E-state index in [9.17, 15) is 18.0 Å². The average molecular weight is 576 g/mol. The summed E-state index contributed by atoms with van der Waals surface area (Å²) in [6, 6.07) is 0. The van der Waals surface area contributed by atoms with E-state index in [-0.39, 0.29) is 29.6 Å². The Bertz CT molecular complexity index is 606. The van der Waals surface area contributed by atoms with Gasteiger partial charge in [-0.25, -0.2) is 0 Å². The molecule has 0 amide bonds. The molecule has 0 rings (SSSR count). The van der Waals surface area contributed by atoms with E-state index in [0.29, 0.717) is 0 Å². The van der Waals surface area contributed by atoms with E-state index >= 15 is 0 Å². The van der Waals surface area contributed by atoms with Crippen LogP contribution in [0.4, 0.5) is 0 Å². The third kappa shape index (κ3) is 33.8. The van der Waals surface area contributed by atoms with E-state index in [1.54, 1.807) is 0 Å². The molecule has 1 radical (unpaired) electrons. The first-order chi connectivity index (χ1) is 17.7. The molecule has 38 heavy (non-hydrogen) atoms. The van der Waals surface area contributed by atoms with Gasteiger partial charge in [-0.2, -0.15) is 8.42 Å². The summed E-state index contributed by atoms with van der Waals surface area (Å²) in [5.41, 5.74) is 0. The van der Waals surface area contributed by atoms with Crippen LogP contribution < -0.4 is 0 Å². The summed E-state index contributed by atoms with van der Waals surface area (Å²) < 4.78 is 34.4. The largest absolute Gasteiger partial charge is 0.481 e. The molecule has 3 N–H and O–H groups in total. The summed E-state index contributed by atoms with van der Waals surface area (Å²) >= 11 is 0. The van der Waals surface area contributed by atoms with Gasteiger partial charge in [0.1, 0.15) is 0 Å². The van der Waals surface area contributed by atoms with Gasteiger partial charge in [0.05, 0.1) is 6.42 Å². The predicted octanol–water partition coefficient (Wildman–Crippen LogP) is 7.27. The van der Waals surface area contributed by atoms with E-state index < -0.39 is 33.7 Å². The van der Waals surface area contributed by atoms with Crippen LogP contribution >= 0.6 is 0 Å². The number of rotatable bonds is 26. The minimum atomic E-state index is -4.84. The zero-order valence-electron chi connectivity index (χ0n) is 24.6. The molecule has 0 bridgehead atoms. The van der Waals surface area contributed by atoms with Gasteiger partial charge < -0.3 is 14.9 Å². The Hall–Kier alpha value is -0.190. The molecular weight excluding hydrogens is 519 g/mol. The maximum Gasteiger partial charge on any atom is 0.325 e. The van der Waals surface area contributed by atoms with E-state index in [2.05, 4.69) is 13.8 Å². The summed E-state index contributed by atoms with van der Waals surface area (Å²) in [6.45, 7) is 6.57. The third-order valence-electron chi connectivity index (χ3n) is 6.28. The molecule has 0 aliphatic carbocycles. The van der Waals surface area contributed by atoms with Gasteiger partial charge in [0, 0.05) is 42.8 Å². The van der Waals surface area contributed by atoms with E-state index in [0.717, 1.165) is 13.2 Å². The van der Waals surface area contributed by atoms with Crippen LogP contribution in [0.15, 0.2) is 0 Å². The van der Waals surface area contributed by atoms with Crippen molar-refractivity contribution in [1.29, 1.82) is 0 Å². The number of ether oxygens (including phenoxy) is 1. The first-order valence-electron chi connectivity index (χ1n) is 14.6. The van der Waals surface area contributed by atoms with Crippen molar-refractivity contribution in [3.63, 3.8) is 0 Å². The molecule has 1 unspecified atom stereocenters. The maximum atomic E-state index is 10.2. The van der Waals surface area contributed by atoms with E-state index in [1.165, 1.54) is 128 Å². The fourth-order valence-electron chi connectivity index (χ4n) is 3.96. The van der Waals surface area contributed by atoms with E-state index in [4.69, 9.17) is 19.5 Å². The third-order valence-corrected chi connectivity index (χ3v) is 7.37. The van der Waals surface area contributed by atoms with Crippen molar-refractivity contribution in [3.8, 4) is 0 Å². The van der Waals surface area contributed by atoms with Gasteiger partial charge in [-0.05, 0) is 12.8 Å².